The molecule has 6 nitrogen and oxygen atoms in total. The molecule has 1 fully saturated rings. The van der Waals surface area contributed by atoms with Gasteiger partial charge in [0.15, 0.2) is 0 Å². The second-order valence-corrected chi connectivity index (χ2v) is 6.27. The first kappa shape index (κ1) is 19.9. The Labute approximate surface area is 145 Å². The van der Waals surface area contributed by atoms with Gasteiger partial charge in [0.1, 0.15) is 0 Å². The molecule has 1 aliphatic heterocycles. The van der Waals surface area contributed by atoms with Crippen molar-refractivity contribution < 1.29 is 4.79 Å². The molecule has 1 aromatic heterocycles. The van der Waals surface area contributed by atoms with E-state index in [4.69, 9.17) is 5.73 Å². The van der Waals surface area contributed by atoms with Gasteiger partial charge >= 0.3 is 0 Å². The lowest BCUT2D eigenvalue weighted by Crippen LogP contribution is -2.52. The van der Waals surface area contributed by atoms with Crippen molar-refractivity contribution >= 4 is 18.3 Å². The molecule has 0 aliphatic carbocycles. The molecule has 2 N–H and O–H groups in total. The van der Waals surface area contributed by atoms with Crippen LogP contribution >= 0.6 is 12.4 Å². The molecule has 0 radical (unpaired) electrons. The standard InChI is InChI=1S/C16H29N5O.ClH/c1-5-6-15(17)16(22)21-9-7-20(8-10-21)11-14-12(2)18-19(4)13(14)3;/h15H,5-11,17H2,1-4H3;1H. The number of rotatable bonds is 5. The summed E-state index contributed by atoms with van der Waals surface area (Å²) in [5.41, 5.74) is 9.58. The van der Waals surface area contributed by atoms with Crippen molar-refractivity contribution in [2.45, 2.75) is 46.2 Å². The molecule has 0 bridgehead atoms. The third-order valence-electron chi connectivity index (χ3n) is 4.64. The number of aryl methyl sites for hydroxylation is 2. The van der Waals surface area contributed by atoms with E-state index in [9.17, 15) is 4.79 Å². The summed E-state index contributed by atoms with van der Waals surface area (Å²) < 4.78 is 1.94. The lowest BCUT2D eigenvalue weighted by Gasteiger charge is -2.36. The smallest absolute Gasteiger partial charge is 0.239 e. The molecule has 1 amide bonds. The first-order valence-corrected chi connectivity index (χ1v) is 8.19. The van der Waals surface area contributed by atoms with Crippen molar-refractivity contribution in [2.75, 3.05) is 26.2 Å². The molecule has 0 saturated carbocycles. The van der Waals surface area contributed by atoms with E-state index in [1.54, 1.807) is 0 Å². The number of nitrogens with zero attached hydrogens (tertiary/aromatic N) is 4. The molecule has 1 aromatic rings. The second kappa shape index (κ2) is 8.66. The maximum atomic E-state index is 12.2. The van der Waals surface area contributed by atoms with E-state index in [2.05, 4.69) is 30.8 Å². The van der Waals surface area contributed by atoms with E-state index in [1.165, 1.54) is 11.3 Å². The van der Waals surface area contributed by atoms with Crippen molar-refractivity contribution in [3.8, 4) is 0 Å². The van der Waals surface area contributed by atoms with Crippen molar-refractivity contribution in [2.24, 2.45) is 12.8 Å². The van der Waals surface area contributed by atoms with E-state index in [-0.39, 0.29) is 24.4 Å². The van der Waals surface area contributed by atoms with E-state index in [0.29, 0.717) is 0 Å². The summed E-state index contributed by atoms with van der Waals surface area (Å²) in [6.07, 6.45) is 1.72. The fourth-order valence-electron chi connectivity index (χ4n) is 3.07. The number of hydrogen-bond acceptors (Lipinski definition) is 4. The molecular weight excluding hydrogens is 314 g/mol. The van der Waals surface area contributed by atoms with Crippen LogP contribution in [-0.4, -0.2) is 57.7 Å². The van der Waals surface area contributed by atoms with Gasteiger partial charge in [0, 0.05) is 51.0 Å². The van der Waals surface area contributed by atoms with Crippen LogP contribution in [0.15, 0.2) is 0 Å². The Kier molecular flexibility index (Phi) is 7.51. The number of piperazine rings is 1. The van der Waals surface area contributed by atoms with Gasteiger partial charge < -0.3 is 10.6 Å². The fourth-order valence-corrected chi connectivity index (χ4v) is 3.07. The Morgan fingerprint density at radius 2 is 1.87 bits per heavy atom. The number of aromatic nitrogens is 2. The average molecular weight is 344 g/mol. The van der Waals surface area contributed by atoms with Crippen LogP contribution in [0.25, 0.3) is 0 Å². The minimum absolute atomic E-state index is 0. The monoisotopic (exact) mass is 343 g/mol. The predicted molar refractivity (Wildman–Crippen MR) is 94.7 cm³/mol. The van der Waals surface area contributed by atoms with Gasteiger partial charge in [0.05, 0.1) is 11.7 Å². The van der Waals surface area contributed by atoms with Gasteiger partial charge in [0.2, 0.25) is 5.91 Å². The highest BCUT2D eigenvalue weighted by Crippen LogP contribution is 2.16. The van der Waals surface area contributed by atoms with Crippen molar-refractivity contribution in [1.82, 2.24) is 19.6 Å². The van der Waals surface area contributed by atoms with Crippen molar-refractivity contribution in [3.05, 3.63) is 17.0 Å². The molecule has 2 rings (SSSR count). The zero-order valence-electron chi connectivity index (χ0n) is 14.7. The van der Waals surface area contributed by atoms with Crippen LogP contribution in [0.2, 0.25) is 0 Å². The number of carbonyl (C=O) groups is 1. The highest BCUT2D eigenvalue weighted by molar-refractivity contribution is 5.85. The van der Waals surface area contributed by atoms with E-state index in [1.807, 2.05) is 16.6 Å². The lowest BCUT2D eigenvalue weighted by molar-refractivity contribution is -0.134. The van der Waals surface area contributed by atoms with Crippen LogP contribution in [-0.2, 0) is 18.4 Å². The third-order valence-corrected chi connectivity index (χ3v) is 4.64. The molecule has 2 heterocycles. The molecule has 1 unspecified atom stereocenters. The Hall–Kier alpha value is -1.11. The summed E-state index contributed by atoms with van der Waals surface area (Å²) in [4.78, 5) is 16.5. The summed E-state index contributed by atoms with van der Waals surface area (Å²) in [5.74, 6) is 0.107. The minimum Gasteiger partial charge on any atom is -0.339 e. The molecule has 1 saturated heterocycles. The summed E-state index contributed by atoms with van der Waals surface area (Å²) in [7, 11) is 1.98. The topological polar surface area (TPSA) is 67.4 Å². The Morgan fingerprint density at radius 1 is 1.26 bits per heavy atom. The molecule has 23 heavy (non-hydrogen) atoms. The summed E-state index contributed by atoms with van der Waals surface area (Å²) in [5, 5.41) is 4.47. The van der Waals surface area contributed by atoms with Gasteiger partial charge in [-0.25, -0.2) is 0 Å². The van der Waals surface area contributed by atoms with Gasteiger partial charge in [-0.2, -0.15) is 5.10 Å². The van der Waals surface area contributed by atoms with Crippen LogP contribution in [0.4, 0.5) is 0 Å². The van der Waals surface area contributed by atoms with Gasteiger partial charge in [0.25, 0.3) is 0 Å². The highest BCUT2D eigenvalue weighted by Gasteiger charge is 2.25. The quantitative estimate of drug-likeness (QED) is 0.873. The average Bonchev–Trinajstić information content (AvgIpc) is 2.74. The maximum Gasteiger partial charge on any atom is 0.239 e. The van der Waals surface area contributed by atoms with Crippen LogP contribution in [0, 0.1) is 13.8 Å². The highest BCUT2D eigenvalue weighted by atomic mass is 35.5. The fraction of sp³-hybridized carbons (Fsp3) is 0.750. The summed E-state index contributed by atoms with van der Waals surface area (Å²) in [6, 6.07) is -0.334. The zero-order chi connectivity index (χ0) is 16.3. The van der Waals surface area contributed by atoms with Crippen LogP contribution in [0.3, 0.4) is 0 Å². The molecule has 0 spiro atoms. The zero-order valence-corrected chi connectivity index (χ0v) is 15.5. The third kappa shape index (κ3) is 4.68. The van der Waals surface area contributed by atoms with Crippen molar-refractivity contribution in [1.29, 1.82) is 0 Å². The summed E-state index contributed by atoms with van der Waals surface area (Å²) >= 11 is 0. The van der Waals surface area contributed by atoms with Gasteiger partial charge in [-0.05, 0) is 20.3 Å². The Balaban J connectivity index is 0.00000264. The molecule has 132 valence electrons. The van der Waals surface area contributed by atoms with E-state index >= 15 is 0 Å². The number of amides is 1. The Bertz CT molecular complexity index is 523. The van der Waals surface area contributed by atoms with Crippen LogP contribution in [0.5, 0.6) is 0 Å². The molecule has 7 heteroatoms. The van der Waals surface area contributed by atoms with Gasteiger partial charge in [-0.3, -0.25) is 14.4 Å². The normalized spacial score (nSPS) is 17.0. The number of halogens is 1. The molecule has 1 aliphatic rings. The second-order valence-electron chi connectivity index (χ2n) is 6.27. The number of nitrogens with two attached hydrogens (primary N) is 1. The SMILES string of the molecule is CCCC(N)C(=O)N1CCN(Cc2c(C)nn(C)c2C)CC1.Cl. The largest absolute Gasteiger partial charge is 0.339 e. The molecular formula is C16H30ClN5O. The number of hydrogen-bond donors (Lipinski definition) is 1. The first-order chi connectivity index (χ1) is 10.4. The molecule has 1 atom stereocenters. The predicted octanol–water partition coefficient (Wildman–Crippen LogP) is 1.23. The van der Waals surface area contributed by atoms with E-state index in [0.717, 1.165) is 51.3 Å². The Morgan fingerprint density at radius 3 is 2.35 bits per heavy atom. The first-order valence-electron chi connectivity index (χ1n) is 8.19. The van der Waals surface area contributed by atoms with Gasteiger partial charge in [-0.1, -0.05) is 13.3 Å². The van der Waals surface area contributed by atoms with Gasteiger partial charge in [-0.15, -0.1) is 12.4 Å². The molecule has 0 aromatic carbocycles. The maximum absolute atomic E-state index is 12.2. The lowest BCUT2D eigenvalue weighted by atomic mass is 10.1. The minimum atomic E-state index is -0.334. The van der Waals surface area contributed by atoms with Crippen LogP contribution < -0.4 is 5.73 Å². The van der Waals surface area contributed by atoms with Crippen LogP contribution in [0.1, 0.15) is 36.7 Å². The number of carbonyl (C=O) groups excluding carboxylic acids is 1. The van der Waals surface area contributed by atoms with E-state index < -0.39 is 0 Å². The summed E-state index contributed by atoms with van der Waals surface area (Å²) in [6.45, 7) is 10.5. The van der Waals surface area contributed by atoms with Crippen molar-refractivity contribution in [3.63, 3.8) is 0 Å².